The highest BCUT2D eigenvalue weighted by Gasteiger charge is 2.31. The molecule has 4 rings (SSSR count). The maximum Gasteiger partial charge on any atom is 0.226 e. The highest BCUT2D eigenvalue weighted by molar-refractivity contribution is 6.30. The molecule has 1 unspecified atom stereocenters. The van der Waals surface area contributed by atoms with Crippen molar-refractivity contribution < 1.29 is 19.0 Å². The minimum absolute atomic E-state index is 0.000222. The lowest BCUT2D eigenvalue weighted by Crippen LogP contribution is -2.24. The van der Waals surface area contributed by atoms with Crippen LogP contribution >= 0.6 is 11.6 Å². The first-order valence-corrected chi connectivity index (χ1v) is 8.56. The van der Waals surface area contributed by atoms with Crippen LogP contribution in [0.5, 0.6) is 11.5 Å². The van der Waals surface area contributed by atoms with E-state index < -0.39 is 5.82 Å². The summed E-state index contributed by atoms with van der Waals surface area (Å²) in [6, 6.07) is 9.26. The Morgan fingerprint density at radius 1 is 1.33 bits per heavy atom. The molecule has 0 saturated heterocycles. The van der Waals surface area contributed by atoms with Crippen molar-refractivity contribution in [1.82, 2.24) is 9.78 Å². The van der Waals surface area contributed by atoms with Gasteiger partial charge in [0, 0.05) is 17.9 Å². The zero-order chi connectivity index (χ0) is 19.1. The molecule has 0 bridgehead atoms. The number of fused-ring (bicyclic) bond motifs is 1. The van der Waals surface area contributed by atoms with E-state index in [1.165, 1.54) is 30.0 Å². The molecule has 138 valence electrons. The molecule has 27 heavy (non-hydrogen) atoms. The number of phenols is 1. The van der Waals surface area contributed by atoms with Crippen molar-refractivity contribution in [3.63, 3.8) is 0 Å². The second-order valence-electron chi connectivity index (χ2n) is 6.19. The molecular formula is C19H15ClFN3O3. The molecule has 1 atom stereocenters. The van der Waals surface area contributed by atoms with Crippen LogP contribution in [-0.2, 0) is 4.79 Å². The number of anilines is 1. The maximum absolute atomic E-state index is 13.5. The zero-order valence-electron chi connectivity index (χ0n) is 14.2. The third-order valence-electron chi connectivity index (χ3n) is 4.57. The van der Waals surface area contributed by atoms with Crippen LogP contribution in [-0.4, -0.2) is 27.9 Å². The quantitative estimate of drug-likeness (QED) is 0.715. The summed E-state index contributed by atoms with van der Waals surface area (Å²) in [4.78, 5) is 12.3. The van der Waals surface area contributed by atoms with E-state index in [4.69, 9.17) is 16.3 Å². The highest BCUT2D eigenvalue weighted by Crippen LogP contribution is 2.40. The molecule has 0 aliphatic carbocycles. The van der Waals surface area contributed by atoms with Crippen LogP contribution in [0.25, 0.3) is 5.69 Å². The number of aromatic nitrogens is 2. The Morgan fingerprint density at radius 3 is 2.85 bits per heavy atom. The smallest absolute Gasteiger partial charge is 0.226 e. The number of benzene rings is 2. The number of rotatable bonds is 3. The normalized spacial score (nSPS) is 16.0. The molecular weight excluding hydrogens is 373 g/mol. The van der Waals surface area contributed by atoms with Crippen LogP contribution in [0.1, 0.15) is 23.5 Å². The molecule has 0 radical (unpaired) electrons. The van der Waals surface area contributed by atoms with Gasteiger partial charge in [-0.25, -0.2) is 9.07 Å². The van der Waals surface area contributed by atoms with Crippen molar-refractivity contribution in [2.45, 2.75) is 12.3 Å². The summed E-state index contributed by atoms with van der Waals surface area (Å²) >= 11 is 5.87. The minimum Gasteiger partial charge on any atom is -0.504 e. The predicted octanol–water partition coefficient (Wildman–Crippen LogP) is 3.85. The molecule has 3 aromatic rings. The number of halogens is 2. The van der Waals surface area contributed by atoms with Crippen molar-refractivity contribution in [3.05, 3.63) is 64.6 Å². The third-order valence-corrected chi connectivity index (χ3v) is 4.86. The number of nitrogens with one attached hydrogen (secondary N) is 1. The Morgan fingerprint density at radius 2 is 2.15 bits per heavy atom. The molecule has 2 N–H and O–H groups in total. The maximum atomic E-state index is 13.5. The number of nitrogens with zero attached hydrogens (tertiary/aromatic N) is 2. The van der Waals surface area contributed by atoms with E-state index in [9.17, 15) is 14.3 Å². The second kappa shape index (κ2) is 6.59. The van der Waals surface area contributed by atoms with E-state index in [0.29, 0.717) is 17.3 Å². The summed E-state index contributed by atoms with van der Waals surface area (Å²) in [6.07, 6.45) is 1.87. The van der Waals surface area contributed by atoms with Gasteiger partial charge in [-0.1, -0.05) is 17.7 Å². The Bertz CT molecular complexity index is 1050. The number of aromatic hydroxyl groups is 1. The van der Waals surface area contributed by atoms with Gasteiger partial charge in [0.15, 0.2) is 11.5 Å². The molecule has 0 saturated carbocycles. The number of methoxy groups -OCH3 is 1. The molecule has 0 spiro atoms. The Balaban J connectivity index is 1.79. The van der Waals surface area contributed by atoms with Crippen molar-refractivity contribution >= 4 is 23.3 Å². The molecule has 2 heterocycles. The fourth-order valence-electron chi connectivity index (χ4n) is 3.25. The molecule has 6 nitrogen and oxygen atoms in total. The lowest BCUT2D eigenvalue weighted by Gasteiger charge is -2.24. The van der Waals surface area contributed by atoms with E-state index >= 15 is 0 Å². The predicted molar refractivity (Wildman–Crippen MR) is 98.3 cm³/mol. The standard InChI is InChI=1S/C19H15ClFN3O3/c1-27-17-5-2-10(6-16(17)25)12-8-18(26)23-19-13(12)9-22-24(19)11-3-4-15(21)14(20)7-11/h2-7,9,12,25H,8H2,1H3,(H,23,26). The monoisotopic (exact) mass is 387 g/mol. The van der Waals surface area contributed by atoms with Gasteiger partial charge in [-0.15, -0.1) is 0 Å². The lowest BCUT2D eigenvalue weighted by molar-refractivity contribution is -0.116. The van der Waals surface area contributed by atoms with Crippen molar-refractivity contribution in [2.24, 2.45) is 0 Å². The zero-order valence-corrected chi connectivity index (χ0v) is 15.0. The van der Waals surface area contributed by atoms with Gasteiger partial charge in [-0.2, -0.15) is 5.10 Å². The van der Waals surface area contributed by atoms with E-state index in [-0.39, 0.29) is 29.0 Å². The van der Waals surface area contributed by atoms with Gasteiger partial charge in [0.1, 0.15) is 11.6 Å². The van der Waals surface area contributed by atoms with Crippen LogP contribution in [0.15, 0.2) is 42.6 Å². The summed E-state index contributed by atoms with van der Waals surface area (Å²) in [5.41, 5.74) is 2.09. The van der Waals surface area contributed by atoms with E-state index in [2.05, 4.69) is 10.4 Å². The van der Waals surface area contributed by atoms with Gasteiger partial charge >= 0.3 is 0 Å². The Kier molecular flexibility index (Phi) is 4.24. The highest BCUT2D eigenvalue weighted by atomic mass is 35.5. The number of hydrogen-bond acceptors (Lipinski definition) is 4. The third kappa shape index (κ3) is 3.00. The lowest BCUT2D eigenvalue weighted by atomic mass is 9.87. The second-order valence-corrected chi connectivity index (χ2v) is 6.60. The van der Waals surface area contributed by atoms with E-state index in [1.54, 1.807) is 24.4 Å². The molecule has 1 aliphatic rings. The average molecular weight is 388 g/mol. The van der Waals surface area contributed by atoms with Gasteiger partial charge in [-0.3, -0.25) is 4.79 Å². The Hall–Kier alpha value is -3.06. The average Bonchev–Trinajstić information content (AvgIpc) is 3.07. The number of phenolic OH excluding ortho intramolecular Hbond substituents is 1. The van der Waals surface area contributed by atoms with E-state index in [1.807, 2.05) is 0 Å². The summed E-state index contributed by atoms with van der Waals surface area (Å²) in [5.74, 6) is -0.143. The fraction of sp³-hybridized carbons (Fsp3) is 0.158. The molecule has 2 aromatic carbocycles. The van der Waals surface area contributed by atoms with Crippen LogP contribution in [0.4, 0.5) is 10.2 Å². The molecule has 1 aromatic heterocycles. The summed E-state index contributed by atoms with van der Waals surface area (Å²) in [5, 5.41) is 17.2. The fourth-order valence-corrected chi connectivity index (χ4v) is 3.43. The molecule has 1 aliphatic heterocycles. The van der Waals surface area contributed by atoms with Gasteiger partial charge in [0.25, 0.3) is 0 Å². The molecule has 1 amide bonds. The first-order chi connectivity index (χ1) is 13.0. The van der Waals surface area contributed by atoms with E-state index in [0.717, 1.165) is 11.1 Å². The number of carbonyl (C=O) groups excluding carboxylic acids is 1. The largest absolute Gasteiger partial charge is 0.504 e. The SMILES string of the molecule is COc1ccc(C2CC(=O)Nc3c2cnn3-c2ccc(F)c(Cl)c2)cc1O. The molecule has 0 fully saturated rings. The van der Waals surface area contributed by atoms with Gasteiger partial charge in [0.2, 0.25) is 5.91 Å². The minimum atomic E-state index is -0.530. The molecule has 8 heteroatoms. The van der Waals surface area contributed by atoms with Crippen molar-refractivity contribution in [2.75, 3.05) is 12.4 Å². The summed E-state index contributed by atoms with van der Waals surface area (Å²) in [6.45, 7) is 0. The van der Waals surface area contributed by atoms with Crippen LogP contribution in [0, 0.1) is 5.82 Å². The first kappa shape index (κ1) is 17.4. The number of hydrogen-bond donors (Lipinski definition) is 2. The van der Waals surface area contributed by atoms with Crippen LogP contribution in [0.3, 0.4) is 0 Å². The van der Waals surface area contributed by atoms with Crippen molar-refractivity contribution in [1.29, 1.82) is 0 Å². The van der Waals surface area contributed by atoms with Gasteiger partial charge in [-0.05, 0) is 35.9 Å². The van der Waals surface area contributed by atoms with Gasteiger partial charge in [0.05, 0.1) is 24.0 Å². The number of carbonyl (C=O) groups is 1. The Labute approximate surface area is 159 Å². The number of ether oxygens (including phenoxy) is 1. The first-order valence-electron chi connectivity index (χ1n) is 8.18. The van der Waals surface area contributed by atoms with Crippen LogP contribution < -0.4 is 10.1 Å². The van der Waals surface area contributed by atoms with Gasteiger partial charge < -0.3 is 15.2 Å². The summed E-state index contributed by atoms with van der Waals surface area (Å²) in [7, 11) is 1.47. The summed E-state index contributed by atoms with van der Waals surface area (Å²) < 4.78 is 20.0. The number of amides is 1. The van der Waals surface area contributed by atoms with Crippen molar-refractivity contribution in [3.8, 4) is 17.2 Å². The van der Waals surface area contributed by atoms with Crippen LogP contribution in [0.2, 0.25) is 5.02 Å². The topological polar surface area (TPSA) is 76.4 Å².